The molecule has 0 bridgehead atoms. The quantitative estimate of drug-likeness (QED) is 0.882. The van der Waals surface area contributed by atoms with Gasteiger partial charge in [-0.25, -0.2) is 0 Å². The molecule has 0 unspecified atom stereocenters. The lowest BCUT2D eigenvalue weighted by molar-refractivity contribution is 0.102. The van der Waals surface area contributed by atoms with Crippen LogP contribution < -0.4 is 10.1 Å². The molecule has 100 valence electrons. The van der Waals surface area contributed by atoms with Crippen molar-refractivity contribution in [3.8, 4) is 5.75 Å². The Bertz CT molecular complexity index is 578. The van der Waals surface area contributed by atoms with Crippen LogP contribution in [0.25, 0.3) is 0 Å². The van der Waals surface area contributed by atoms with E-state index in [1.807, 2.05) is 32.0 Å². The smallest absolute Gasteiger partial charge is 0.278 e. The highest BCUT2D eigenvalue weighted by atomic mass is 16.5. The van der Waals surface area contributed by atoms with E-state index in [0.717, 1.165) is 0 Å². The fourth-order valence-corrected chi connectivity index (χ4v) is 1.61. The van der Waals surface area contributed by atoms with Crippen LogP contribution >= 0.6 is 0 Å². The van der Waals surface area contributed by atoms with Crippen molar-refractivity contribution in [2.24, 2.45) is 0 Å². The van der Waals surface area contributed by atoms with Crippen LogP contribution in [0.3, 0.4) is 0 Å². The molecular formula is C13H16N4O2. The predicted molar refractivity (Wildman–Crippen MR) is 71.3 cm³/mol. The van der Waals surface area contributed by atoms with Gasteiger partial charge < -0.3 is 10.1 Å². The van der Waals surface area contributed by atoms with Crippen LogP contribution in [0, 0.1) is 6.92 Å². The van der Waals surface area contributed by atoms with E-state index in [4.69, 9.17) is 4.74 Å². The fraction of sp³-hybridized carbons (Fsp3) is 0.308. The van der Waals surface area contributed by atoms with Crippen LogP contribution in [0.2, 0.25) is 0 Å². The average molecular weight is 260 g/mol. The number of para-hydroxylation sites is 2. The zero-order valence-electron chi connectivity index (χ0n) is 11.1. The van der Waals surface area contributed by atoms with Crippen LogP contribution in [0.1, 0.15) is 30.0 Å². The SMILES string of the molecule is Cc1n[nH]nc1C(=O)Nc1ccccc1OC(C)C. The summed E-state index contributed by atoms with van der Waals surface area (Å²) in [6.07, 6.45) is 0.0341. The molecule has 0 fully saturated rings. The number of aryl methyl sites for hydroxylation is 1. The molecule has 1 amide bonds. The number of benzene rings is 1. The summed E-state index contributed by atoms with van der Waals surface area (Å²) in [7, 11) is 0. The molecule has 2 N–H and O–H groups in total. The van der Waals surface area contributed by atoms with Gasteiger partial charge in [0.05, 0.1) is 17.5 Å². The van der Waals surface area contributed by atoms with Crippen molar-refractivity contribution in [1.82, 2.24) is 15.4 Å². The number of nitrogens with one attached hydrogen (secondary N) is 2. The van der Waals surface area contributed by atoms with Gasteiger partial charge in [0.2, 0.25) is 0 Å². The average Bonchev–Trinajstić information content (AvgIpc) is 2.77. The lowest BCUT2D eigenvalue weighted by Gasteiger charge is -2.14. The molecule has 1 aromatic carbocycles. The molecule has 0 saturated heterocycles. The van der Waals surface area contributed by atoms with Gasteiger partial charge in [-0.3, -0.25) is 4.79 Å². The highest BCUT2D eigenvalue weighted by molar-refractivity contribution is 6.04. The van der Waals surface area contributed by atoms with Gasteiger partial charge in [0.25, 0.3) is 5.91 Å². The largest absolute Gasteiger partial charge is 0.489 e. The lowest BCUT2D eigenvalue weighted by Crippen LogP contribution is -2.15. The van der Waals surface area contributed by atoms with Crippen molar-refractivity contribution in [3.05, 3.63) is 35.7 Å². The molecule has 2 rings (SSSR count). The van der Waals surface area contributed by atoms with Crippen molar-refractivity contribution < 1.29 is 9.53 Å². The number of nitrogens with zero attached hydrogens (tertiary/aromatic N) is 2. The van der Waals surface area contributed by atoms with E-state index < -0.39 is 0 Å². The van der Waals surface area contributed by atoms with Gasteiger partial charge in [-0.2, -0.15) is 15.4 Å². The first-order valence-corrected chi connectivity index (χ1v) is 6.02. The summed E-state index contributed by atoms with van der Waals surface area (Å²) < 4.78 is 5.64. The number of rotatable bonds is 4. The Morgan fingerprint density at radius 1 is 1.32 bits per heavy atom. The van der Waals surface area contributed by atoms with E-state index in [2.05, 4.69) is 20.7 Å². The van der Waals surface area contributed by atoms with Crippen molar-refractivity contribution in [3.63, 3.8) is 0 Å². The minimum Gasteiger partial charge on any atom is -0.489 e. The number of hydrogen-bond acceptors (Lipinski definition) is 4. The van der Waals surface area contributed by atoms with E-state index in [0.29, 0.717) is 17.1 Å². The van der Waals surface area contributed by atoms with Crippen molar-refractivity contribution in [2.75, 3.05) is 5.32 Å². The molecule has 1 aromatic heterocycles. The predicted octanol–water partition coefficient (Wildman–Crippen LogP) is 2.15. The Labute approximate surface area is 111 Å². The zero-order chi connectivity index (χ0) is 13.8. The molecule has 19 heavy (non-hydrogen) atoms. The van der Waals surface area contributed by atoms with E-state index >= 15 is 0 Å². The van der Waals surface area contributed by atoms with Crippen LogP contribution in [-0.4, -0.2) is 27.4 Å². The zero-order valence-corrected chi connectivity index (χ0v) is 11.1. The summed E-state index contributed by atoms with van der Waals surface area (Å²) in [6.45, 7) is 5.58. The first-order valence-electron chi connectivity index (χ1n) is 6.02. The Kier molecular flexibility index (Phi) is 3.79. The maximum absolute atomic E-state index is 12.0. The number of aromatic amines is 1. The fourth-order valence-electron chi connectivity index (χ4n) is 1.61. The molecule has 0 radical (unpaired) electrons. The van der Waals surface area contributed by atoms with E-state index in [-0.39, 0.29) is 17.7 Å². The summed E-state index contributed by atoms with van der Waals surface area (Å²) in [5, 5.41) is 12.8. The Morgan fingerprint density at radius 3 is 2.68 bits per heavy atom. The molecule has 0 aliphatic rings. The number of H-pyrrole nitrogens is 1. The summed E-state index contributed by atoms with van der Waals surface area (Å²) in [5.41, 5.74) is 1.45. The van der Waals surface area contributed by atoms with Gasteiger partial charge >= 0.3 is 0 Å². The number of anilines is 1. The first-order chi connectivity index (χ1) is 9.08. The number of carbonyl (C=O) groups is 1. The van der Waals surface area contributed by atoms with Gasteiger partial charge in [-0.1, -0.05) is 12.1 Å². The third kappa shape index (κ3) is 3.09. The highest BCUT2D eigenvalue weighted by Crippen LogP contribution is 2.25. The minimum absolute atomic E-state index is 0.0341. The second-order valence-corrected chi connectivity index (χ2v) is 4.37. The highest BCUT2D eigenvalue weighted by Gasteiger charge is 2.15. The van der Waals surface area contributed by atoms with Crippen molar-refractivity contribution >= 4 is 11.6 Å². The van der Waals surface area contributed by atoms with Crippen LogP contribution in [0.15, 0.2) is 24.3 Å². The molecule has 0 saturated carbocycles. The van der Waals surface area contributed by atoms with Gasteiger partial charge in [-0.05, 0) is 32.9 Å². The van der Waals surface area contributed by atoms with Gasteiger partial charge in [0.15, 0.2) is 5.69 Å². The number of carbonyl (C=O) groups excluding carboxylic acids is 1. The third-order valence-electron chi connectivity index (χ3n) is 2.44. The Balaban J connectivity index is 2.19. The number of ether oxygens (including phenoxy) is 1. The van der Waals surface area contributed by atoms with Gasteiger partial charge in [-0.15, -0.1) is 0 Å². The maximum atomic E-state index is 12.0. The molecule has 6 nitrogen and oxygen atoms in total. The summed E-state index contributed by atoms with van der Waals surface area (Å²) >= 11 is 0. The summed E-state index contributed by atoms with van der Waals surface area (Å²) in [4.78, 5) is 12.0. The molecule has 6 heteroatoms. The number of hydrogen-bond donors (Lipinski definition) is 2. The molecule has 0 spiro atoms. The van der Waals surface area contributed by atoms with Crippen LogP contribution in [0.5, 0.6) is 5.75 Å². The standard InChI is InChI=1S/C13H16N4O2/c1-8(2)19-11-7-5-4-6-10(11)14-13(18)12-9(3)15-17-16-12/h4-8H,1-3H3,(H,14,18)(H,15,16,17). The second-order valence-electron chi connectivity index (χ2n) is 4.37. The molecule has 0 aliphatic carbocycles. The summed E-state index contributed by atoms with van der Waals surface area (Å²) in [5.74, 6) is 0.318. The molecule has 0 atom stereocenters. The summed E-state index contributed by atoms with van der Waals surface area (Å²) in [6, 6.07) is 7.28. The minimum atomic E-state index is -0.314. The van der Waals surface area contributed by atoms with E-state index in [1.54, 1.807) is 13.0 Å². The van der Waals surface area contributed by atoms with E-state index in [1.165, 1.54) is 0 Å². The topological polar surface area (TPSA) is 79.9 Å². The monoisotopic (exact) mass is 260 g/mol. The molecule has 2 aromatic rings. The van der Waals surface area contributed by atoms with Gasteiger partial charge in [0, 0.05) is 0 Å². The van der Waals surface area contributed by atoms with Crippen LogP contribution in [-0.2, 0) is 0 Å². The third-order valence-corrected chi connectivity index (χ3v) is 2.44. The molecule has 0 aliphatic heterocycles. The molecular weight excluding hydrogens is 244 g/mol. The molecule has 1 heterocycles. The van der Waals surface area contributed by atoms with Crippen molar-refractivity contribution in [1.29, 1.82) is 0 Å². The Morgan fingerprint density at radius 2 is 2.05 bits per heavy atom. The second kappa shape index (κ2) is 5.51. The lowest BCUT2D eigenvalue weighted by atomic mass is 10.2. The van der Waals surface area contributed by atoms with E-state index in [9.17, 15) is 4.79 Å². The van der Waals surface area contributed by atoms with Crippen molar-refractivity contribution in [2.45, 2.75) is 26.9 Å². The van der Waals surface area contributed by atoms with Gasteiger partial charge in [0.1, 0.15) is 5.75 Å². The Hall–Kier alpha value is -2.37. The first kappa shape index (κ1) is 13.1. The number of amides is 1. The number of aromatic nitrogens is 3. The van der Waals surface area contributed by atoms with Crippen LogP contribution in [0.4, 0.5) is 5.69 Å². The maximum Gasteiger partial charge on any atom is 0.278 e. The normalized spacial score (nSPS) is 10.5.